The van der Waals surface area contributed by atoms with Gasteiger partial charge in [0.15, 0.2) is 0 Å². The fourth-order valence-corrected chi connectivity index (χ4v) is 3.73. The van der Waals surface area contributed by atoms with E-state index in [1.54, 1.807) is 0 Å². The first-order chi connectivity index (χ1) is 12.9. The zero-order valence-electron chi connectivity index (χ0n) is 18.7. The van der Waals surface area contributed by atoms with Crippen LogP contribution in [0.4, 0.5) is 0 Å². The van der Waals surface area contributed by atoms with Crippen molar-refractivity contribution in [2.24, 2.45) is 0 Å². The van der Waals surface area contributed by atoms with Crippen LogP contribution < -0.4 is 0 Å². The van der Waals surface area contributed by atoms with E-state index in [-0.39, 0.29) is 0 Å². The topological polar surface area (TPSA) is 0 Å². The lowest BCUT2D eigenvalue weighted by atomic mass is 10.0. The molecule has 0 aliphatic rings. The first-order valence-corrected chi connectivity index (χ1v) is 12.6. The van der Waals surface area contributed by atoms with Crippen molar-refractivity contribution in [3.8, 4) is 0 Å². The van der Waals surface area contributed by atoms with Gasteiger partial charge in [0.25, 0.3) is 0 Å². The van der Waals surface area contributed by atoms with Gasteiger partial charge in [-0.2, -0.15) is 0 Å². The minimum atomic E-state index is 1.31. The van der Waals surface area contributed by atoms with Crippen molar-refractivity contribution in [1.29, 1.82) is 0 Å². The van der Waals surface area contributed by atoms with Crippen molar-refractivity contribution in [1.82, 2.24) is 0 Å². The molecule has 0 atom stereocenters. The third kappa shape index (κ3) is 23.7. The van der Waals surface area contributed by atoms with Crippen LogP contribution in [0, 0.1) is 0 Å². The number of allylic oxidation sites excluding steroid dienone is 2. The van der Waals surface area contributed by atoms with Crippen molar-refractivity contribution in [2.75, 3.05) is 0 Å². The molecule has 0 amide bonds. The lowest BCUT2D eigenvalue weighted by Gasteiger charge is -2.02. The van der Waals surface area contributed by atoms with E-state index in [1.807, 2.05) is 0 Å². The van der Waals surface area contributed by atoms with Gasteiger partial charge in [-0.25, -0.2) is 0 Å². The summed E-state index contributed by atoms with van der Waals surface area (Å²) in [5.74, 6) is 0. The predicted molar refractivity (Wildman–Crippen MR) is 122 cm³/mol. The van der Waals surface area contributed by atoms with Crippen LogP contribution in [0.3, 0.4) is 0 Å². The summed E-state index contributed by atoms with van der Waals surface area (Å²) in [6.07, 6.45) is 36.4. The van der Waals surface area contributed by atoms with Gasteiger partial charge in [0.2, 0.25) is 0 Å². The van der Waals surface area contributed by atoms with E-state index < -0.39 is 0 Å². The molecule has 156 valence electrons. The third-order valence-corrected chi connectivity index (χ3v) is 5.62. The monoisotopic (exact) mass is 364 g/mol. The highest BCUT2D eigenvalue weighted by Gasteiger charge is 1.93. The van der Waals surface area contributed by atoms with Crippen LogP contribution in [-0.4, -0.2) is 0 Å². The Bertz CT molecular complexity index is 253. The van der Waals surface area contributed by atoms with Gasteiger partial charge in [0.1, 0.15) is 0 Å². The lowest BCUT2D eigenvalue weighted by Crippen LogP contribution is -1.82. The van der Waals surface area contributed by atoms with E-state index >= 15 is 0 Å². The molecule has 0 bridgehead atoms. The quantitative estimate of drug-likeness (QED) is 0.132. The zero-order chi connectivity index (χ0) is 19.0. The first kappa shape index (κ1) is 25.7. The summed E-state index contributed by atoms with van der Waals surface area (Å²) in [4.78, 5) is 0. The second-order valence-electron chi connectivity index (χ2n) is 8.41. The van der Waals surface area contributed by atoms with E-state index in [9.17, 15) is 0 Å². The molecule has 0 aromatic rings. The molecule has 0 aliphatic carbocycles. The van der Waals surface area contributed by atoms with Crippen LogP contribution in [0.5, 0.6) is 0 Å². The molecule has 26 heavy (non-hydrogen) atoms. The van der Waals surface area contributed by atoms with Crippen LogP contribution in [0.25, 0.3) is 0 Å². The van der Waals surface area contributed by atoms with Crippen molar-refractivity contribution in [3.63, 3.8) is 0 Å². The molecular weight excluding hydrogens is 312 g/mol. The Hall–Kier alpha value is -0.260. The number of hydrogen-bond donors (Lipinski definition) is 0. The van der Waals surface area contributed by atoms with Gasteiger partial charge in [-0.3, -0.25) is 0 Å². The molecule has 0 aromatic heterocycles. The Labute approximate surface area is 167 Å². The molecule has 0 nitrogen and oxygen atoms in total. The minimum Gasteiger partial charge on any atom is -0.0885 e. The average molecular weight is 365 g/mol. The maximum Gasteiger partial charge on any atom is -0.0351 e. The van der Waals surface area contributed by atoms with E-state index in [1.165, 1.54) is 141 Å². The molecule has 0 radical (unpaired) electrons. The van der Waals surface area contributed by atoms with Gasteiger partial charge < -0.3 is 0 Å². The summed E-state index contributed by atoms with van der Waals surface area (Å²) < 4.78 is 0. The second-order valence-corrected chi connectivity index (χ2v) is 8.41. The highest BCUT2D eigenvalue weighted by Crippen LogP contribution is 2.13. The average Bonchev–Trinajstić information content (AvgIpc) is 2.66. The van der Waals surface area contributed by atoms with Gasteiger partial charge in [-0.05, 0) is 25.7 Å². The van der Waals surface area contributed by atoms with Crippen molar-refractivity contribution in [2.45, 2.75) is 155 Å². The summed E-state index contributed by atoms with van der Waals surface area (Å²) >= 11 is 0. The normalized spacial score (nSPS) is 11.6. The molecule has 0 N–H and O–H groups in total. The smallest absolute Gasteiger partial charge is 0.0351 e. The Kier molecular flexibility index (Phi) is 24.5. The molecule has 0 fully saturated rings. The van der Waals surface area contributed by atoms with Gasteiger partial charge in [0, 0.05) is 0 Å². The number of rotatable bonds is 22. The van der Waals surface area contributed by atoms with Gasteiger partial charge >= 0.3 is 0 Å². The Balaban J connectivity index is 3.04. The maximum absolute atomic E-state index is 2.44. The van der Waals surface area contributed by atoms with Crippen molar-refractivity contribution in [3.05, 3.63) is 12.2 Å². The highest BCUT2D eigenvalue weighted by molar-refractivity contribution is 4.81. The largest absolute Gasteiger partial charge is 0.0885 e. The van der Waals surface area contributed by atoms with Crippen molar-refractivity contribution >= 4 is 0 Å². The van der Waals surface area contributed by atoms with Gasteiger partial charge in [-0.1, -0.05) is 142 Å². The number of unbranched alkanes of at least 4 members (excludes halogenated alkanes) is 20. The maximum atomic E-state index is 2.44. The van der Waals surface area contributed by atoms with E-state index in [2.05, 4.69) is 26.0 Å². The Morgan fingerprint density at radius 3 is 0.808 bits per heavy atom. The zero-order valence-corrected chi connectivity index (χ0v) is 18.7. The van der Waals surface area contributed by atoms with Crippen molar-refractivity contribution < 1.29 is 0 Å². The standard InChI is InChI=1S/C26H52/c1-3-5-7-9-11-13-15-17-19-21-23-25-26-24-22-20-18-16-14-12-10-8-6-4-2/h23,25H,3-22,24,26H2,1-2H3/b25-23+. The Morgan fingerprint density at radius 2 is 0.538 bits per heavy atom. The van der Waals surface area contributed by atoms with Crippen LogP contribution >= 0.6 is 0 Å². The third-order valence-electron chi connectivity index (χ3n) is 5.62. The van der Waals surface area contributed by atoms with Crippen LogP contribution in [0.15, 0.2) is 12.2 Å². The number of hydrogen-bond acceptors (Lipinski definition) is 0. The molecule has 0 aromatic carbocycles. The fraction of sp³-hybridized carbons (Fsp3) is 0.923. The van der Waals surface area contributed by atoms with E-state index in [4.69, 9.17) is 0 Å². The molecule has 0 saturated carbocycles. The fourth-order valence-electron chi connectivity index (χ4n) is 3.73. The summed E-state index contributed by atoms with van der Waals surface area (Å²) in [7, 11) is 0. The van der Waals surface area contributed by atoms with Gasteiger partial charge in [-0.15, -0.1) is 0 Å². The Morgan fingerprint density at radius 1 is 0.308 bits per heavy atom. The molecule has 0 rings (SSSR count). The first-order valence-electron chi connectivity index (χ1n) is 12.6. The lowest BCUT2D eigenvalue weighted by molar-refractivity contribution is 0.550. The summed E-state index contributed by atoms with van der Waals surface area (Å²) in [5.41, 5.74) is 0. The van der Waals surface area contributed by atoms with Gasteiger partial charge in [0.05, 0.1) is 0 Å². The van der Waals surface area contributed by atoms with Crippen LogP contribution in [-0.2, 0) is 0 Å². The predicted octanol–water partition coefficient (Wildman–Crippen LogP) is 10.2. The molecule has 0 heterocycles. The second kappa shape index (κ2) is 24.7. The summed E-state index contributed by atoms with van der Waals surface area (Å²) in [6.45, 7) is 4.59. The molecule has 0 aliphatic heterocycles. The molecular formula is C26H52. The van der Waals surface area contributed by atoms with E-state index in [0.29, 0.717) is 0 Å². The minimum absolute atomic E-state index is 1.31. The van der Waals surface area contributed by atoms with Crippen LogP contribution in [0.2, 0.25) is 0 Å². The molecule has 0 saturated heterocycles. The van der Waals surface area contributed by atoms with E-state index in [0.717, 1.165) is 0 Å². The summed E-state index contributed by atoms with van der Waals surface area (Å²) in [5, 5.41) is 0. The molecule has 0 unspecified atom stereocenters. The molecule has 0 spiro atoms. The highest BCUT2D eigenvalue weighted by atomic mass is 14.0. The SMILES string of the molecule is CCCCCCCCCCC/C=C/CCCCCCCCCCCCC. The van der Waals surface area contributed by atoms with Crippen LogP contribution in [0.1, 0.15) is 155 Å². The summed E-state index contributed by atoms with van der Waals surface area (Å²) in [6, 6.07) is 0. The molecule has 0 heteroatoms.